The second kappa shape index (κ2) is 6.34. The molecule has 106 valence electrons. The molecule has 0 amide bonds. The second-order valence-corrected chi connectivity index (χ2v) is 3.81. The van der Waals surface area contributed by atoms with E-state index in [1.807, 2.05) is 6.07 Å². The number of nitriles is 1. The highest BCUT2D eigenvalue weighted by Crippen LogP contribution is 2.31. The molecule has 0 aliphatic heterocycles. The summed E-state index contributed by atoms with van der Waals surface area (Å²) in [5.74, 6) is 0.389. The van der Waals surface area contributed by atoms with E-state index in [9.17, 15) is 4.79 Å². The van der Waals surface area contributed by atoms with Crippen molar-refractivity contribution >= 4 is 5.97 Å². The molecule has 7 nitrogen and oxygen atoms in total. The number of hydrogen-bond acceptors (Lipinski definition) is 7. The average Bonchev–Trinajstić information content (AvgIpc) is 2.55. The van der Waals surface area contributed by atoms with Gasteiger partial charge >= 0.3 is 5.97 Å². The summed E-state index contributed by atoms with van der Waals surface area (Å²) in [6, 6.07) is 6.73. The number of esters is 1. The van der Waals surface area contributed by atoms with E-state index in [4.69, 9.17) is 14.7 Å². The Morgan fingerprint density at radius 2 is 2.00 bits per heavy atom. The van der Waals surface area contributed by atoms with Gasteiger partial charge in [-0.1, -0.05) is 0 Å². The quantitative estimate of drug-likeness (QED) is 0.792. The minimum absolute atomic E-state index is 0.0802. The first-order valence-corrected chi connectivity index (χ1v) is 5.84. The number of methoxy groups -OCH3 is 2. The highest BCUT2D eigenvalue weighted by molar-refractivity contribution is 5.86. The Morgan fingerprint density at radius 1 is 1.19 bits per heavy atom. The number of carbonyl (C=O) groups is 1. The lowest BCUT2D eigenvalue weighted by Gasteiger charge is -2.09. The van der Waals surface area contributed by atoms with Crippen molar-refractivity contribution in [2.24, 2.45) is 0 Å². The SMILES string of the molecule is COC(=O)c1cnc(Oc2ccc(C#N)cc2OC)cn1. The Labute approximate surface area is 120 Å². The Hall–Kier alpha value is -3.14. The molecule has 1 aromatic heterocycles. The lowest BCUT2D eigenvalue weighted by atomic mass is 10.2. The van der Waals surface area contributed by atoms with Crippen LogP contribution in [-0.4, -0.2) is 30.2 Å². The molecule has 7 heteroatoms. The van der Waals surface area contributed by atoms with Gasteiger partial charge in [-0.3, -0.25) is 0 Å². The number of nitrogens with zero attached hydrogens (tertiary/aromatic N) is 3. The second-order valence-electron chi connectivity index (χ2n) is 3.81. The van der Waals surface area contributed by atoms with Gasteiger partial charge in [0.1, 0.15) is 0 Å². The third-order valence-electron chi connectivity index (χ3n) is 2.53. The fourth-order valence-corrected chi connectivity index (χ4v) is 1.51. The monoisotopic (exact) mass is 285 g/mol. The van der Waals surface area contributed by atoms with Crippen molar-refractivity contribution in [2.45, 2.75) is 0 Å². The molecule has 0 saturated heterocycles. The zero-order chi connectivity index (χ0) is 15.2. The number of aromatic nitrogens is 2. The predicted molar refractivity (Wildman–Crippen MR) is 71.2 cm³/mol. The Morgan fingerprint density at radius 3 is 2.57 bits per heavy atom. The molecule has 0 N–H and O–H groups in total. The molecule has 0 atom stereocenters. The molecule has 2 aromatic rings. The van der Waals surface area contributed by atoms with E-state index >= 15 is 0 Å². The van der Waals surface area contributed by atoms with E-state index in [0.717, 1.165) is 0 Å². The zero-order valence-electron chi connectivity index (χ0n) is 11.4. The molecule has 0 aliphatic rings. The lowest BCUT2D eigenvalue weighted by Crippen LogP contribution is -2.05. The molecule has 0 radical (unpaired) electrons. The van der Waals surface area contributed by atoms with Crippen molar-refractivity contribution in [3.8, 4) is 23.4 Å². The molecular formula is C14H11N3O4. The van der Waals surface area contributed by atoms with Gasteiger partial charge in [0.2, 0.25) is 5.88 Å². The van der Waals surface area contributed by atoms with Crippen molar-refractivity contribution in [3.63, 3.8) is 0 Å². The van der Waals surface area contributed by atoms with Crippen LogP contribution in [-0.2, 0) is 4.74 Å². The fourth-order valence-electron chi connectivity index (χ4n) is 1.51. The standard InChI is InChI=1S/C14H11N3O4/c1-19-12-5-9(6-15)3-4-11(12)21-13-8-16-10(7-17-13)14(18)20-2/h3-5,7-8H,1-2H3. The molecule has 21 heavy (non-hydrogen) atoms. The molecule has 0 unspecified atom stereocenters. The van der Waals surface area contributed by atoms with E-state index < -0.39 is 5.97 Å². The van der Waals surface area contributed by atoms with Crippen molar-refractivity contribution < 1.29 is 19.0 Å². The van der Waals surface area contributed by atoms with E-state index in [0.29, 0.717) is 17.1 Å². The van der Waals surface area contributed by atoms with Gasteiger partial charge in [0.25, 0.3) is 0 Å². The molecule has 0 fully saturated rings. The summed E-state index contributed by atoms with van der Waals surface area (Å²) in [4.78, 5) is 19.1. The molecule has 0 spiro atoms. The van der Waals surface area contributed by atoms with E-state index in [2.05, 4.69) is 14.7 Å². The van der Waals surface area contributed by atoms with Crippen LogP contribution in [0.4, 0.5) is 0 Å². The maximum absolute atomic E-state index is 11.2. The van der Waals surface area contributed by atoms with Crippen molar-refractivity contribution in [3.05, 3.63) is 41.9 Å². The van der Waals surface area contributed by atoms with Crippen LogP contribution in [0.25, 0.3) is 0 Å². The van der Waals surface area contributed by atoms with Gasteiger partial charge in [-0.15, -0.1) is 0 Å². The van der Waals surface area contributed by atoms with Crippen molar-refractivity contribution in [1.82, 2.24) is 9.97 Å². The maximum atomic E-state index is 11.2. The summed E-state index contributed by atoms with van der Waals surface area (Å²) in [6.07, 6.45) is 2.54. The number of carbonyl (C=O) groups excluding carboxylic acids is 1. The fraction of sp³-hybridized carbons (Fsp3) is 0.143. The van der Waals surface area contributed by atoms with Gasteiger partial charge in [-0.2, -0.15) is 5.26 Å². The van der Waals surface area contributed by atoms with Crippen LogP contribution in [0.15, 0.2) is 30.6 Å². The summed E-state index contributed by atoms with van der Waals surface area (Å²) in [5, 5.41) is 8.83. The van der Waals surface area contributed by atoms with E-state index in [1.54, 1.807) is 18.2 Å². The van der Waals surface area contributed by atoms with Crippen molar-refractivity contribution in [1.29, 1.82) is 5.26 Å². The lowest BCUT2D eigenvalue weighted by molar-refractivity contribution is 0.0593. The first-order chi connectivity index (χ1) is 10.2. The molecule has 1 heterocycles. The largest absolute Gasteiger partial charge is 0.493 e. The average molecular weight is 285 g/mol. The minimum Gasteiger partial charge on any atom is -0.493 e. The van der Waals surface area contributed by atoms with Gasteiger partial charge in [0, 0.05) is 6.07 Å². The Bertz CT molecular complexity index is 692. The van der Waals surface area contributed by atoms with Crippen LogP contribution in [0.2, 0.25) is 0 Å². The minimum atomic E-state index is -0.579. The van der Waals surface area contributed by atoms with Gasteiger partial charge in [0.15, 0.2) is 17.2 Å². The van der Waals surface area contributed by atoms with Crippen LogP contribution in [0.1, 0.15) is 16.1 Å². The Kier molecular flexibility index (Phi) is 4.31. The molecule has 1 aromatic carbocycles. The van der Waals surface area contributed by atoms with E-state index in [1.165, 1.54) is 26.6 Å². The maximum Gasteiger partial charge on any atom is 0.358 e. The Balaban J connectivity index is 2.22. The van der Waals surface area contributed by atoms with Gasteiger partial charge in [0.05, 0.1) is 38.2 Å². The van der Waals surface area contributed by atoms with Crippen LogP contribution in [0, 0.1) is 11.3 Å². The van der Waals surface area contributed by atoms with Crippen LogP contribution in [0.3, 0.4) is 0 Å². The van der Waals surface area contributed by atoms with Gasteiger partial charge < -0.3 is 14.2 Å². The third-order valence-corrected chi connectivity index (χ3v) is 2.53. The van der Waals surface area contributed by atoms with Crippen molar-refractivity contribution in [2.75, 3.05) is 14.2 Å². The highest BCUT2D eigenvalue weighted by Gasteiger charge is 2.11. The third kappa shape index (κ3) is 3.25. The molecule has 0 saturated carbocycles. The summed E-state index contributed by atoms with van der Waals surface area (Å²) >= 11 is 0. The van der Waals surface area contributed by atoms with Gasteiger partial charge in [-0.25, -0.2) is 14.8 Å². The normalized spacial score (nSPS) is 9.57. The number of benzene rings is 1. The zero-order valence-corrected chi connectivity index (χ0v) is 11.4. The topological polar surface area (TPSA) is 94.3 Å². The smallest absolute Gasteiger partial charge is 0.358 e. The number of rotatable bonds is 4. The first-order valence-electron chi connectivity index (χ1n) is 5.84. The molecule has 2 rings (SSSR count). The predicted octanol–water partition coefficient (Wildman–Crippen LogP) is 1.94. The number of hydrogen-bond donors (Lipinski definition) is 0. The van der Waals surface area contributed by atoms with Crippen LogP contribution in [0.5, 0.6) is 17.4 Å². The molecule has 0 bridgehead atoms. The summed E-state index contributed by atoms with van der Waals surface area (Å²) < 4.78 is 15.2. The van der Waals surface area contributed by atoms with E-state index in [-0.39, 0.29) is 11.6 Å². The van der Waals surface area contributed by atoms with Crippen LogP contribution < -0.4 is 9.47 Å². The van der Waals surface area contributed by atoms with Gasteiger partial charge in [-0.05, 0) is 12.1 Å². The first kappa shape index (κ1) is 14.3. The number of ether oxygens (including phenoxy) is 3. The highest BCUT2D eigenvalue weighted by atomic mass is 16.5. The summed E-state index contributed by atoms with van der Waals surface area (Å²) in [6.45, 7) is 0. The molecule has 0 aliphatic carbocycles. The summed E-state index contributed by atoms with van der Waals surface area (Å²) in [5.41, 5.74) is 0.531. The molecular weight excluding hydrogens is 274 g/mol. The summed E-state index contributed by atoms with van der Waals surface area (Å²) in [7, 11) is 2.73. The van der Waals surface area contributed by atoms with Crippen LogP contribution >= 0.6 is 0 Å².